The van der Waals surface area contributed by atoms with Crippen molar-refractivity contribution in [1.82, 2.24) is 9.80 Å². The van der Waals surface area contributed by atoms with Gasteiger partial charge in [-0.25, -0.2) is 0 Å². The second-order valence-corrected chi connectivity index (χ2v) is 6.28. The molecule has 0 saturated carbocycles. The van der Waals surface area contributed by atoms with Crippen LogP contribution in [0.2, 0.25) is 0 Å². The van der Waals surface area contributed by atoms with Crippen molar-refractivity contribution < 1.29 is 4.74 Å². The van der Waals surface area contributed by atoms with Crippen LogP contribution in [0.25, 0.3) is 0 Å². The van der Waals surface area contributed by atoms with Crippen molar-refractivity contribution >= 4 is 5.69 Å². The maximum atomic E-state index is 5.91. The second-order valence-electron chi connectivity index (χ2n) is 6.28. The average molecular weight is 289 g/mol. The van der Waals surface area contributed by atoms with E-state index in [9.17, 15) is 0 Å². The Labute approximate surface area is 127 Å². The lowest BCUT2D eigenvalue weighted by atomic mass is 10.00. The van der Waals surface area contributed by atoms with Crippen LogP contribution in [0.4, 0.5) is 5.69 Å². The summed E-state index contributed by atoms with van der Waals surface area (Å²) < 4.78 is 5.46. The van der Waals surface area contributed by atoms with Crippen LogP contribution < -0.4 is 5.73 Å². The molecule has 0 spiro atoms. The summed E-state index contributed by atoms with van der Waals surface area (Å²) in [6, 6.07) is 9.01. The SMILES string of the molecule is Nc1cccc(CN2CCCCC2CN2CCOCC2)c1. The first-order chi connectivity index (χ1) is 10.3. The number of nitrogen functional groups attached to an aromatic ring is 1. The minimum atomic E-state index is 0.679. The van der Waals surface area contributed by atoms with Gasteiger partial charge in [0.25, 0.3) is 0 Å². The highest BCUT2D eigenvalue weighted by Crippen LogP contribution is 2.21. The van der Waals surface area contributed by atoms with Crippen LogP contribution in [0.5, 0.6) is 0 Å². The maximum Gasteiger partial charge on any atom is 0.0594 e. The van der Waals surface area contributed by atoms with Crippen LogP contribution in [0.15, 0.2) is 24.3 Å². The number of benzene rings is 1. The average Bonchev–Trinajstić information content (AvgIpc) is 2.50. The number of likely N-dealkylation sites (tertiary alicyclic amines) is 1. The fourth-order valence-electron chi connectivity index (χ4n) is 3.48. The van der Waals surface area contributed by atoms with Crippen molar-refractivity contribution in [2.45, 2.75) is 31.8 Å². The number of piperidine rings is 1. The first-order valence-electron chi connectivity index (χ1n) is 8.20. The monoisotopic (exact) mass is 289 g/mol. The van der Waals surface area contributed by atoms with E-state index in [1.54, 1.807) is 0 Å². The van der Waals surface area contributed by atoms with E-state index in [-0.39, 0.29) is 0 Å². The molecule has 21 heavy (non-hydrogen) atoms. The van der Waals surface area contributed by atoms with Gasteiger partial charge in [-0.1, -0.05) is 18.6 Å². The van der Waals surface area contributed by atoms with E-state index in [1.807, 2.05) is 6.07 Å². The molecule has 0 bridgehead atoms. The molecule has 0 aromatic heterocycles. The zero-order valence-electron chi connectivity index (χ0n) is 12.8. The highest BCUT2D eigenvalue weighted by Gasteiger charge is 2.25. The first kappa shape index (κ1) is 14.8. The molecule has 2 heterocycles. The number of nitrogens with two attached hydrogens (primary N) is 1. The minimum Gasteiger partial charge on any atom is -0.399 e. The molecule has 2 N–H and O–H groups in total. The molecule has 2 saturated heterocycles. The Morgan fingerprint density at radius 1 is 1.14 bits per heavy atom. The maximum absolute atomic E-state index is 5.91. The van der Waals surface area contributed by atoms with E-state index in [2.05, 4.69) is 28.0 Å². The van der Waals surface area contributed by atoms with Crippen LogP contribution >= 0.6 is 0 Å². The molecule has 2 aliphatic heterocycles. The topological polar surface area (TPSA) is 41.7 Å². The highest BCUT2D eigenvalue weighted by molar-refractivity contribution is 5.40. The molecule has 0 amide bonds. The zero-order valence-corrected chi connectivity index (χ0v) is 12.8. The molecule has 4 nitrogen and oxygen atoms in total. The summed E-state index contributed by atoms with van der Waals surface area (Å²) in [6.45, 7) is 7.38. The molecule has 1 aromatic rings. The Morgan fingerprint density at radius 2 is 2.00 bits per heavy atom. The van der Waals surface area contributed by atoms with Gasteiger partial charge in [0.2, 0.25) is 0 Å². The number of rotatable bonds is 4. The van der Waals surface area contributed by atoms with Gasteiger partial charge in [-0.2, -0.15) is 0 Å². The second kappa shape index (κ2) is 7.25. The van der Waals surface area contributed by atoms with Crippen molar-refractivity contribution in [3.05, 3.63) is 29.8 Å². The van der Waals surface area contributed by atoms with Crippen LogP contribution in [0.3, 0.4) is 0 Å². The van der Waals surface area contributed by atoms with Gasteiger partial charge in [-0.15, -0.1) is 0 Å². The number of nitrogens with zero attached hydrogens (tertiary/aromatic N) is 2. The molecule has 116 valence electrons. The minimum absolute atomic E-state index is 0.679. The van der Waals surface area contributed by atoms with Gasteiger partial charge in [0.1, 0.15) is 0 Å². The summed E-state index contributed by atoms with van der Waals surface area (Å²) in [4.78, 5) is 5.21. The van der Waals surface area contributed by atoms with E-state index in [1.165, 1.54) is 37.9 Å². The van der Waals surface area contributed by atoms with Crippen LogP contribution in [-0.2, 0) is 11.3 Å². The molecule has 1 unspecified atom stereocenters. The Bertz CT molecular complexity index is 445. The van der Waals surface area contributed by atoms with Gasteiger partial charge in [-0.3, -0.25) is 9.80 Å². The largest absolute Gasteiger partial charge is 0.399 e. The Kier molecular flexibility index (Phi) is 5.12. The predicted molar refractivity (Wildman–Crippen MR) is 86.2 cm³/mol. The van der Waals surface area contributed by atoms with Gasteiger partial charge >= 0.3 is 0 Å². The number of hydrogen-bond acceptors (Lipinski definition) is 4. The Morgan fingerprint density at radius 3 is 2.81 bits per heavy atom. The van der Waals surface area contributed by atoms with Gasteiger partial charge in [0, 0.05) is 37.9 Å². The van der Waals surface area contributed by atoms with Crippen molar-refractivity contribution in [3.8, 4) is 0 Å². The molecule has 1 atom stereocenters. The smallest absolute Gasteiger partial charge is 0.0594 e. The van der Waals surface area contributed by atoms with Crippen LogP contribution in [-0.4, -0.2) is 55.2 Å². The molecule has 1 aromatic carbocycles. The molecule has 4 heteroatoms. The summed E-state index contributed by atoms with van der Waals surface area (Å²) in [5.41, 5.74) is 8.11. The molecule has 0 radical (unpaired) electrons. The third-order valence-corrected chi connectivity index (χ3v) is 4.66. The molecule has 2 aliphatic rings. The van der Waals surface area contributed by atoms with Crippen molar-refractivity contribution in [2.75, 3.05) is 45.1 Å². The zero-order chi connectivity index (χ0) is 14.5. The molecule has 2 fully saturated rings. The third kappa shape index (κ3) is 4.19. The van der Waals surface area contributed by atoms with Crippen LogP contribution in [0, 0.1) is 0 Å². The van der Waals surface area contributed by atoms with E-state index in [4.69, 9.17) is 10.5 Å². The molecular formula is C17H27N3O. The summed E-state index contributed by atoms with van der Waals surface area (Å²) in [6.07, 6.45) is 4.00. The van der Waals surface area contributed by atoms with E-state index >= 15 is 0 Å². The Hall–Kier alpha value is -1.10. The fourth-order valence-corrected chi connectivity index (χ4v) is 3.48. The number of morpholine rings is 1. The first-order valence-corrected chi connectivity index (χ1v) is 8.20. The molecule has 3 rings (SSSR count). The van der Waals surface area contributed by atoms with Crippen LogP contribution in [0.1, 0.15) is 24.8 Å². The lowest BCUT2D eigenvalue weighted by Crippen LogP contribution is -2.49. The van der Waals surface area contributed by atoms with Crippen molar-refractivity contribution in [3.63, 3.8) is 0 Å². The predicted octanol–water partition coefficient (Wildman–Crippen LogP) is 1.96. The quantitative estimate of drug-likeness (QED) is 0.860. The molecular weight excluding hydrogens is 262 g/mol. The van der Waals surface area contributed by atoms with Gasteiger partial charge < -0.3 is 10.5 Å². The number of anilines is 1. The van der Waals surface area contributed by atoms with E-state index in [0.29, 0.717) is 6.04 Å². The summed E-state index contributed by atoms with van der Waals surface area (Å²) in [7, 11) is 0. The number of hydrogen-bond donors (Lipinski definition) is 1. The normalized spacial score (nSPS) is 25.0. The van der Waals surface area contributed by atoms with E-state index < -0.39 is 0 Å². The Balaban J connectivity index is 1.60. The summed E-state index contributed by atoms with van der Waals surface area (Å²) >= 11 is 0. The lowest BCUT2D eigenvalue weighted by molar-refractivity contribution is 0.0153. The van der Waals surface area contributed by atoms with Gasteiger partial charge in [0.05, 0.1) is 13.2 Å². The standard InChI is InChI=1S/C17H27N3O/c18-16-5-3-4-15(12-16)13-20-7-2-1-6-17(20)14-19-8-10-21-11-9-19/h3-5,12,17H,1-2,6-11,13-14,18H2. The molecule has 0 aliphatic carbocycles. The number of ether oxygens (including phenoxy) is 1. The fraction of sp³-hybridized carbons (Fsp3) is 0.647. The highest BCUT2D eigenvalue weighted by atomic mass is 16.5. The summed E-state index contributed by atoms with van der Waals surface area (Å²) in [5, 5.41) is 0. The lowest BCUT2D eigenvalue weighted by Gasteiger charge is -2.39. The third-order valence-electron chi connectivity index (χ3n) is 4.66. The van der Waals surface area contributed by atoms with Crippen molar-refractivity contribution in [1.29, 1.82) is 0 Å². The van der Waals surface area contributed by atoms with Gasteiger partial charge in [-0.05, 0) is 37.1 Å². The summed E-state index contributed by atoms with van der Waals surface area (Å²) in [5.74, 6) is 0. The van der Waals surface area contributed by atoms with Gasteiger partial charge in [0.15, 0.2) is 0 Å². The van der Waals surface area contributed by atoms with E-state index in [0.717, 1.165) is 38.5 Å². The van der Waals surface area contributed by atoms with Crippen molar-refractivity contribution in [2.24, 2.45) is 0 Å².